The first-order valence-electron chi connectivity index (χ1n) is 2.62. The summed E-state index contributed by atoms with van der Waals surface area (Å²) in [5.74, 6) is 0. The van der Waals surface area contributed by atoms with E-state index in [1.165, 1.54) is 0 Å². The highest BCUT2D eigenvalue weighted by molar-refractivity contribution is 6.27. The Kier molecular flexibility index (Phi) is 6.72. The molecule has 2 radical (unpaired) electrons. The van der Waals surface area contributed by atoms with E-state index in [-0.39, 0.29) is 0 Å². The van der Waals surface area contributed by atoms with Gasteiger partial charge in [-0.25, -0.2) is 0 Å². The molecule has 46 valence electrons. The maximum absolute atomic E-state index is 4.84. The van der Waals surface area contributed by atoms with Crippen molar-refractivity contribution in [1.82, 2.24) is 0 Å². The fourth-order valence-electron chi connectivity index (χ4n) is 0.341. The van der Waals surface area contributed by atoms with Crippen LogP contribution in [-0.2, 0) is 4.43 Å². The SMILES string of the molecule is CC=NCC[Si]OC. The molecule has 2 nitrogen and oxygen atoms in total. The van der Waals surface area contributed by atoms with Crippen LogP contribution in [0.15, 0.2) is 4.99 Å². The first-order valence-corrected chi connectivity index (χ1v) is 3.73. The predicted octanol–water partition coefficient (Wildman–Crippen LogP) is 0.761. The van der Waals surface area contributed by atoms with Gasteiger partial charge in [-0.3, -0.25) is 4.99 Å². The molecule has 8 heavy (non-hydrogen) atoms. The lowest BCUT2D eigenvalue weighted by atomic mass is 10.7. The molecule has 0 bridgehead atoms. The molecule has 0 saturated heterocycles. The number of aliphatic imine (C=N–C) groups is 1. The van der Waals surface area contributed by atoms with Gasteiger partial charge in [0.1, 0.15) is 0 Å². The molecule has 0 amide bonds. The monoisotopic (exact) mass is 129 g/mol. The molecule has 0 rings (SSSR count). The molecule has 0 aliphatic carbocycles. The summed E-state index contributed by atoms with van der Waals surface area (Å²) < 4.78 is 4.84. The summed E-state index contributed by atoms with van der Waals surface area (Å²) in [6.45, 7) is 2.83. The molecule has 0 aromatic carbocycles. The molecule has 0 saturated carbocycles. The smallest absolute Gasteiger partial charge is 0.230 e. The van der Waals surface area contributed by atoms with Gasteiger partial charge >= 0.3 is 0 Å². The maximum atomic E-state index is 4.84. The highest BCUT2D eigenvalue weighted by Gasteiger charge is 1.82. The van der Waals surface area contributed by atoms with E-state index in [1.807, 2.05) is 13.1 Å². The second-order valence-corrected chi connectivity index (χ2v) is 2.46. The molecule has 0 unspecified atom stereocenters. The number of nitrogens with zero attached hydrogens (tertiary/aromatic N) is 1. The fraction of sp³-hybridized carbons (Fsp3) is 0.800. The summed E-state index contributed by atoms with van der Waals surface area (Å²) >= 11 is 0. The summed E-state index contributed by atoms with van der Waals surface area (Å²) in [6, 6.07) is 1.06. The van der Waals surface area contributed by atoms with Crippen LogP contribution in [0.2, 0.25) is 6.04 Å². The van der Waals surface area contributed by atoms with Gasteiger partial charge in [0.2, 0.25) is 9.76 Å². The second kappa shape index (κ2) is 6.85. The zero-order chi connectivity index (χ0) is 6.24. The third-order valence-corrected chi connectivity index (χ3v) is 1.39. The first-order chi connectivity index (χ1) is 3.91. The van der Waals surface area contributed by atoms with E-state index in [2.05, 4.69) is 4.99 Å². The maximum Gasteiger partial charge on any atom is 0.230 e. The Hall–Kier alpha value is -0.153. The summed E-state index contributed by atoms with van der Waals surface area (Å²) in [4.78, 5) is 4.01. The molecular weight excluding hydrogens is 118 g/mol. The van der Waals surface area contributed by atoms with Crippen LogP contribution >= 0.6 is 0 Å². The topological polar surface area (TPSA) is 21.6 Å². The van der Waals surface area contributed by atoms with Gasteiger partial charge in [-0.1, -0.05) is 0 Å². The normalized spacial score (nSPS) is 10.8. The third-order valence-electron chi connectivity index (χ3n) is 0.670. The molecule has 0 fully saturated rings. The summed E-state index contributed by atoms with van der Waals surface area (Å²) in [6.07, 6.45) is 1.82. The Labute approximate surface area is 52.9 Å². The van der Waals surface area contributed by atoms with Gasteiger partial charge in [-0.05, 0) is 19.2 Å². The van der Waals surface area contributed by atoms with Crippen LogP contribution in [0.3, 0.4) is 0 Å². The van der Waals surface area contributed by atoms with Crippen LogP contribution in [0.1, 0.15) is 6.92 Å². The Bertz CT molecular complexity index is 65.4. The largest absolute Gasteiger partial charge is 0.421 e. The first kappa shape index (κ1) is 7.85. The van der Waals surface area contributed by atoms with E-state index in [0.29, 0.717) is 9.76 Å². The molecule has 0 spiro atoms. The Morgan fingerprint density at radius 1 is 1.75 bits per heavy atom. The summed E-state index contributed by atoms with van der Waals surface area (Å²) in [7, 11) is 2.33. The Morgan fingerprint density at radius 3 is 3.00 bits per heavy atom. The van der Waals surface area contributed by atoms with Crippen molar-refractivity contribution in [3.05, 3.63) is 0 Å². The van der Waals surface area contributed by atoms with Crippen molar-refractivity contribution in [2.24, 2.45) is 4.99 Å². The van der Waals surface area contributed by atoms with E-state index in [9.17, 15) is 0 Å². The highest BCUT2D eigenvalue weighted by Crippen LogP contribution is 1.78. The predicted molar refractivity (Wildman–Crippen MR) is 36.6 cm³/mol. The lowest BCUT2D eigenvalue weighted by molar-refractivity contribution is 0.441. The van der Waals surface area contributed by atoms with Crippen LogP contribution in [0.25, 0.3) is 0 Å². The van der Waals surface area contributed by atoms with Crippen LogP contribution in [-0.4, -0.2) is 29.6 Å². The van der Waals surface area contributed by atoms with Crippen LogP contribution < -0.4 is 0 Å². The van der Waals surface area contributed by atoms with E-state index in [1.54, 1.807) is 7.11 Å². The zero-order valence-electron chi connectivity index (χ0n) is 5.35. The molecule has 0 atom stereocenters. The average molecular weight is 129 g/mol. The number of hydrogen-bond donors (Lipinski definition) is 0. The van der Waals surface area contributed by atoms with Crippen LogP contribution in [0, 0.1) is 0 Å². The number of rotatable bonds is 4. The minimum atomic E-state index is 0.611. The second-order valence-electron chi connectivity index (χ2n) is 1.26. The van der Waals surface area contributed by atoms with E-state index in [4.69, 9.17) is 4.43 Å². The quantitative estimate of drug-likeness (QED) is 0.312. The van der Waals surface area contributed by atoms with Crippen molar-refractivity contribution in [1.29, 1.82) is 0 Å². The molecule has 0 heterocycles. The van der Waals surface area contributed by atoms with E-state index in [0.717, 1.165) is 12.6 Å². The molecule has 0 aliphatic rings. The molecule has 3 heteroatoms. The van der Waals surface area contributed by atoms with Gasteiger partial charge in [0, 0.05) is 13.7 Å². The minimum absolute atomic E-state index is 0.611. The van der Waals surface area contributed by atoms with Gasteiger partial charge in [0.05, 0.1) is 0 Å². The molecule has 0 aromatic heterocycles. The van der Waals surface area contributed by atoms with Gasteiger partial charge in [0.15, 0.2) is 0 Å². The molecule has 0 N–H and O–H groups in total. The molecule has 0 aromatic rings. The fourth-order valence-corrected chi connectivity index (χ4v) is 0.766. The van der Waals surface area contributed by atoms with Gasteiger partial charge in [0.25, 0.3) is 0 Å². The molecular formula is C5H11NOSi. The van der Waals surface area contributed by atoms with Gasteiger partial charge in [-0.15, -0.1) is 0 Å². The lowest BCUT2D eigenvalue weighted by Gasteiger charge is -1.88. The zero-order valence-corrected chi connectivity index (χ0v) is 6.35. The van der Waals surface area contributed by atoms with Crippen LogP contribution in [0.5, 0.6) is 0 Å². The minimum Gasteiger partial charge on any atom is -0.421 e. The van der Waals surface area contributed by atoms with Crippen molar-refractivity contribution in [3.63, 3.8) is 0 Å². The highest BCUT2D eigenvalue weighted by atomic mass is 28.2. The number of hydrogen-bond acceptors (Lipinski definition) is 2. The third kappa shape index (κ3) is 5.85. The van der Waals surface area contributed by atoms with Crippen molar-refractivity contribution >= 4 is 16.0 Å². The van der Waals surface area contributed by atoms with E-state index < -0.39 is 0 Å². The van der Waals surface area contributed by atoms with Crippen LogP contribution in [0.4, 0.5) is 0 Å². The summed E-state index contributed by atoms with van der Waals surface area (Å²) in [5, 5.41) is 0. The Balaban J connectivity index is 2.72. The standard InChI is InChI=1S/C5H11NOSi/c1-3-6-4-5-8-7-2/h3H,4-5H2,1-2H3. The van der Waals surface area contributed by atoms with Crippen molar-refractivity contribution in [3.8, 4) is 0 Å². The van der Waals surface area contributed by atoms with Crippen molar-refractivity contribution < 1.29 is 4.43 Å². The average Bonchev–Trinajstić information content (AvgIpc) is 1.81. The van der Waals surface area contributed by atoms with Crippen molar-refractivity contribution in [2.45, 2.75) is 13.0 Å². The lowest BCUT2D eigenvalue weighted by Crippen LogP contribution is -1.94. The summed E-state index contributed by atoms with van der Waals surface area (Å²) in [5.41, 5.74) is 0. The molecule has 0 aliphatic heterocycles. The van der Waals surface area contributed by atoms with Gasteiger partial charge in [-0.2, -0.15) is 0 Å². The van der Waals surface area contributed by atoms with Crippen molar-refractivity contribution in [2.75, 3.05) is 13.7 Å². The Morgan fingerprint density at radius 2 is 2.50 bits per heavy atom. The van der Waals surface area contributed by atoms with Gasteiger partial charge < -0.3 is 4.43 Å². The van der Waals surface area contributed by atoms with E-state index >= 15 is 0 Å².